The normalized spacial score (nSPS) is 21.5. The largest absolute Gasteiger partial charge is 0.464 e. The number of para-hydroxylation sites is 1. The van der Waals surface area contributed by atoms with Gasteiger partial charge in [-0.25, -0.2) is 9.59 Å². The maximum atomic E-state index is 13.2. The maximum absolute atomic E-state index is 13.2. The van der Waals surface area contributed by atoms with Gasteiger partial charge in [0.25, 0.3) is 0 Å². The lowest BCUT2D eigenvalue weighted by Gasteiger charge is -2.34. The molecule has 1 N–H and O–H groups in total. The summed E-state index contributed by atoms with van der Waals surface area (Å²) in [7, 11) is 1.62. The summed E-state index contributed by atoms with van der Waals surface area (Å²) < 4.78 is 12.3. The number of likely N-dealkylation sites (tertiary alicyclic amines) is 2. The van der Waals surface area contributed by atoms with E-state index >= 15 is 0 Å². The minimum atomic E-state index is -1.000. The molecule has 35 heavy (non-hydrogen) atoms. The predicted molar refractivity (Wildman–Crippen MR) is 131 cm³/mol. The number of hydrogen-bond acceptors (Lipinski definition) is 5. The molecule has 0 saturated carbocycles. The molecular weight excluding hydrogens is 450 g/mol. The van der Waals surface area contributed by atoms with Crippen molar-refractivity contribution in [3.63, 3.8) is 0 Å². The second-order valence-electron chi connectivity index (χ2n) is 10.5. The molecule has 0 aliphatic carbocycles. The van der Waals surface area contributed by atoms with Gasteiger partial charge in [-0.05, 0) is 57.6 Å². The van der Waals surface area contributed by atoms with Crippen molar-refractivity contribution in [2.75, 3.05) is 26.7 Å². The first-order valence-corrected chi connectivity index (χ1v) is 12.2. The number of ether oxygens (including phenoxy) is 2. The highest BCUT2D eigenvalue weighted by atomic mass is 16.6. The Morgan fingerprint density at radius 2 is 1.80 bits per heavy atom. The summed E-state index contributed by atoms with van der Waals surface area (Å²) in [5.74, 6) is 0.207. The number of benzene rings is 1. The second-order valence-corrected chi connectivity index (χ2v) is 10.5. The van der Waals surface area contributed by atoms with E-state index in [9.17, 15) is 19.5 Å². The summed E-state index contributed by atoms with van der Waals surface area (Å²) in [5.41, 5.74) is 1.09. The standard InChI is InChI=1S/C26H35N3O6/c1-26(2,3)35-25(33)28-15-19(34-4)13-18(28)14-23(30)27-11-9-17(10-12-27)21-16-29(24(31)32)22-8-6-5-7-20(21)22/h5-8,16-19H,9-15H2,1-4H3,(H,31,32)/t18-,19+/m0/s1. The summed E-state index contributed by atoms with van der Waals surface area (Å²) in [5, 5.41) is 10.5. The highest BCUT2D eigenvalue weighted by Crippen LogP contribution is 2.35. The molecule has 9 heteroatoms. The Labute approximate surface area is 205 Å². The zero-order valence-electron chi connectivity index (χ0n) is 20.9. The number of carboxylic acid groups (broad SMARTS) is 1. The van der Waals surface area contributed by atoms with E-state index in [1.54, 1.807) is 18.2 Å². The highest BCUT2D eigenvalue weighted by molar-refractivity contribution is 5.91. The van der Waals surface area contributed by atoms with E-state index in [0.29, 0.717) is 31.6 Å². The summed E-state index contributed by atoms with van der Waals surface area (Å²) in [4.78, 5) is 41.1. The van der Waals surface area contributed by atoms with Crippen LogP contribution < -0.4 is 0 Å². The molecule has 190 valence electrons. The van der Waals surface area contributed by atoms with Crippen molar-refractivity contribution in [2.45, 2.75) is 70.1 Å². The van der Waals surface area contributed by atoms with Crippen LogP contribution in [0.15, 0.2) is 30.5 Å². The minimum Gasteiger partial charge on any atom is -0.464 e. The quantitative estimate of drug-likeness (QED) is 0.693. The third kappa shape index (κ3) is 5.45. The van der Waals surface area contributed by atoms with Crippen LogP contribution in [0.5, 0.6) is 0 Å². The molecule has 2 aliphatic rings. The van der Waals surface area contributed by atoms with Crippen LogP contribution in [0, 0.1) is 0 Å². The van der Waals surface area contributed by atoms with Crippen LogP contribution in [0.3, 0.4) is 0 Å². The van der Waals surface area contributed by atoms with Crippen LogP contribution in [0.25, 0.3) is 10.9 Å². The number of nitrogens with zero attached hydrogens (tertiary/aromatic N) is 3. The van der Waals surface area contributed by atoms with Gasteiger partial charge in [0.2, 0.25) is 5.91 Å². The predicted octanol–water partition coefficient (Wildman–Crippen LogP) is 4.29. The first-order valence-electron chi connectivity index (χ1n) is 12.2. The van der Waals surface area contributed by atoms with Gasteiger partial charge in [0.1, 0.15) is 5.60 Å². The molecule has 2 fully saturated rings. The summed E-state index contributed by atoms with van der Waals surface area (Å²) >= 11 is 0. The van der Waals surface area contributed by atoms with Gasteiger partial charge in [-0.1, -0.05) is 18.2 Å². The van der Waals surface area contributed by atoms with Crippen molar-refractivity contribution in [2.24, 2.45) is 0 Å². The average Bonchev–Trinajstić information content (AvgIpc) is 3.40. The molecule has 0 bridgehead atoms. The van der Waals surface area contributed by atoms with Crippen molar-refractivity contribution < 1.29 is 29.0 Å². The third-order valence-corrected chi connectivity index (χ3v) is 6.98. The Hall–Kier alpha value is -3.07. The van der Waals surface area contributed by atoms with Gasteiger partial charge in [-0.2, -0.15) is 0 Å². The minimum absolute atomic E-state index is 0.0201. The van der Waals surface area contributed by atoms with E-state index in [1.807, 2.05) is 49.9 Å². The Balaban J connectivity index is 1.40. The molecule has 3 heterocycles. The smallest absolute Gasteiger partial charge is 0.416 e. The number of carbonyl (C=O) groups excluding carboxylic acids is 2. The summed E-state index contributed by atoms with van der Waals surface area (Å²) in [6.45, 7) is 7.10. The number of hydrogen-bond donors (Lipinski definition) is 1. The van der Waals surface area contributed by atoms with E-state index in [-0.39, 0.29) is 30.4 Å². The highest BCUT2D eigenvalue weighted by Gasteiger charge is 2.39. The van der Waals surface area contributed by atoms with Gasteiger partial charge < -0.3 is 24.4 Å². The topological polar surface area (TPSA) is 101 Å². The fourth-order valence-corrected chi connectivity index (χ4v) is 5.24. The van der Waals surface area contributed by atoms with Crippen molar-refractivity contribution in [1.82, 2.24) is 14.4 Å². The zero-order valence-corrected chi connectivity index (χ0v) is 20.9. The zero-order chi connectivity index (χ0) is 25.3. The molecule has 0 unspecified atom stereocenters. The molecule has 0 radical (unpaired) electrons. The Morgan fingerprint density at radius 3 is 2.43 bits per heavy atom. The van der Waals surface area contributed by atoms with Gasteiger partial charge in [-0.3, -0.25) is 9.36 Å². The lowest BCUT2D eigenvalue weighted by molar-refractivity contribution is -0.133. The fraction of sp³-hybridized carbons (Fsp3) is 0.577. The van der Waals surface area contributed by atoms with E-state index in [0.717, 1.165) is 23.8 Å². The Morgan fingerprint density at radius 1 is 1.11 bits per heavy atom. The Kier molecular flexibility index (Phi) is 7.07. The van der Waals surface area contributed by atoms with Crippen molar-refractivity contribution in [3.05, 3.63) is 36.0 Å². The number of carbonyl (C=O) groups is 3. The third-order valence-electron chi connectivity index (χ3n) is 6.98. The number of amides is 2. The Bertz CT molecular complexity index is 1100. The van der Waals surface area contributed by atoms with Crippen LogP contribution in [-0.2, 0) is 14.3 Å². The van der Waals surface area contributed by atoms with Gasteiger partial charge >= 0.3 is 12.2 Å². The molecule has 2 atom stereocenters. The molecule has 0 spiro atoms. The monoisotopic (exact) mass is 485 g/mol. The molecule has 2 amide bonds. The molecule has 9 nitrogen and oxygen atoms in total. The fourth-order valence-electron chi connectivity index (χ4n) is 5.24. The van der Waals surface area contributed by atoms with Crippen LogP contribution >= 0.6 is 0 Å². The van der Waals surface area contributed by atoms with E-state index in [4.69, 9.17) is 9.47 Å². The van der Waals surface area contributed by atoms with Crippen LogP contribution in [0.4, 0.5) is 9.59 Å². The summed E-state index contributed by atoms with van der Waals surface area (Å²) in [6, 6.07) is 7.27. The molecule has 1 aromatic carbocycles. The molecule has 1 aromatic heterocycles. The van der Waals surface area contributed by atoms with E-state index in [2.05, 4.69) is 0 Å². The van der Waals surface area contributed by atoms with E-state index < -0.39 is 17.8 Å². The van der Waals surface area contributed by atoms with E-state index in [1.165, 1.54) is 4.57 Å². The molecule has 4 rings (SSSR count). The second kappa shape index (κ2) is 9.89. The lowest BCUT2D eigenvalue weighted by atomic mass is 9.89. The SMILES string of the molecule is CO[C@@H]1C[C@@H](CC(=O)N2CCC(c3cn(C(=O)O)c4ccccc34)CC2)N(C(=O)OC(C)(C)C)C1. The number of methoxy groups -OCH3 is 1. The van der Waals surface area contributed by atoms with Gasteiger partial charge in [0, 0.05) is 44.2 Å². The molecular formula is C26H35N3O6. The summed E-state index contributed by atoms with van der Waals surface area (Å²) in [6.07, 6.45) is 2.56. The first kappa shape index (κ1) is 25.0. The first-order chi connectivity index (χ1) is 16.6. The van der Waals surface area contributed by atoms with Crippen LogP contribution in [-0.4, -0.2) is 82.1 Å². The average molecular weight is 486 g/mol. The molecule has 2 saturated heterocycles. The number of piperidine rings is 1. The van der Waals surface area contributed by atoms with Crippen molar-refractivity contribution in [3.8, 4) is 0 Å². The maximum Gasteiger partial charge on any atom is 0.416 e. The van der Waals surface area contributed by atoms with Gasteiger partial charge in [-0.15, -0.1) is 0 Å². The molecule has 2 aliphatic heterocycles. The van der Waals surface area contributed by atoms with Crippen LogP contribution in [0.2, 0.25) is 0 Å². The van der Waals surface area contributed by atoms with Crippen molar-refractivity contribution >= 4 is 29.0 Å². The number of fused-ring (bicyclic) bond motifs is 1. The number of aromatic nitrogens is 1. The van der Waals surface area contributed by atoms with Gasteiger partial charge in [0.15, 0.2) is 0 Å². The molecule has 2 aromatic rings. The number of rotatable bonds is 4. The van der Waals surface area contributed by atoms with Gasteiger partial charge in [0.05, 0.1) is 18.2 Å². The lowest BCUT2D eigenvalue weighted by Crippen LogP contribution is -2.44. The van der Waals surface area contributed by atoms with Crippen molar-refractivity contribution in [1.29, 1.82) is 0 Å². The van der Waals surface area contributed by atoms with Crippen LogP contribution in [0.1, 0.15) is 57.9 Å².